The van der Waals surface area contributed by atoms with E-state index < -0.39 is 6.10 Å². The molecule has 2 aromatic carbocycles. The van der Waals surface area contributed by atoms with Crippen molar-refractivity contribution in [1.29, 1.82) is 0 Å². The molecule has 0 aliphatic rings. The van der Waals surface area contributed by atoms with Gasteiger partial charge in [0.2, 0.25) is 0 Å². The van der Waals surface area contributed by atoms with E-state index in [9.17, 15) is 5.11 Å². The van der Waals surface area contributed by atoms with Crippen LogP contribution in [0.15, 0.2) is 48.5 Å². The van der Waals surface area contributed by atoms with E-state index in [1.807, 2.05) is 25.1 Å². The standard InChI is InChI=1S/C18H23NO/c1-4-18(20)16-11-6-7-12-17(16)19(5-2)15-10-8-9-14(3)13-15/h6-13,18,20H,4-5H2,1-3H3. The SMILES string of the molecule is CCC(O)c1ccccc1N(CC)c1cccc(C)c1. The molecular formula is C18H23NO. The summed E-state index contributed by atoms with van der Waals surface area (Å²) in [4.78, 5) is 2.25. The first-order valence-electron chi connectivity index (χ1n) is 7.28. The summed E-state index contributed by atoms with van der Waals surface area (Å²) in [5.74, 6) is 0. The number of hydrogen-bond acceptors (Lipinski definition) is 2. The molecule has 0 aliphatic heterocycles. The van der Waals surface area contributed by atoms with E-state index in [1.165, 1.54) is 11.3 Å². The Morgan fingerprint density at radius 3 is 2.45 bits per heavy atom. The number of aliphatic hydroxyl groups excluding tert-OH is 1. The maximum absolute atomic E-state index is 10.2. The van der Waals surface area contributed by atoms with Gasteiger partial charge in [-0.1, -0.05) is 37.3 Å². The lowest BCUT2D eigenvalue weighted by atomic mass is 10.0. The van der Waals surface area contributed by atoms with Gasteiger partial charge in [-0.2, -0.15) is 0 Å². The van der Waals surface area contributed by atoms with E-state index in [-0.39, 0.29) is 0 Å². The minimum Gasteiger partial charge on any atom is -0.388 e. The van der Waals surface area contributed by atoms with Gasteiger partial charge in [0.15, 0.2) is 0 Å². The van der Waals surface area contributed by atoms with E-state index in [2.05, 4.69) is 49.1 Å². The third-order valence-corrected chi connectivity index (χ3v) is 3.60. The Labute approximate surface area is 121 Å². The van der Waals surface area contributed by atoms with Crippen molar-refractivity contribution in [2.75, 3.05) is 11.4 Å². The largest absolute Gasteiger partial charge is 0.388 e. The Bertz CT molecular complexity index is 565. The minimum atomic E-state index is -0.412. The number of rotatable bonds is 5. The Kier molecular flexibility index (Phi) is 4.80. The summed E-state index contributed by atoms with van der Waals surface area (Å²) in [6.07, 6.45) is 0.313. The molecule has 0 aliphatic carbocycles. The van der Waals surface area contributed by atoms with E-state index in [1.54, 1.807) is 0 Å². The second-order valence-electron chi connectivity index (χ2n) is 5.07. The van der Waals surface area contributed by atoms with Gasteiger partial charge in [0.05, 0.1) is 6.10 Å². The lowest BCUT2D eigenvalue weighted by Gasteiger charge is -2.27. The van der Waals surface area contributed by atoms with E-state index in [0.717, 1.165) is 24.2 Å². The fourth-order valence-corrected chi connectivity index (χ4v) is 2.52. The third kappa shape index (κ3) is 3.02. The molecule has 2 heteroatoms. The van der Waals surface area contributed by atoms with Crippen LogP contribution in [0.4, 0.5) is 11.4 Å². The number of aliphatic hydroxyl groups is 1. The van der Waals surface area contributed by atoms with Crippen molar-refractivity contribution >= 4 is 11.4 Å². The molecule has 2 aromatic rings. The van der Waals surface area contributed by atoms with Gasteiger partial charge in [0.1, 0.15) is 0 Å². The zero-order valence-corrected chi connectivity index (χ0v) is 12.5. The van der Waals surface area contributed by atoms with E-state index >= 15 is 0 Å². The summed E-state index contributed by atoms with van der Waals surface area (Å²) < 4.78 is 0. The second-order valence-corrected chi connectivity index (χ2v) is 5.07. The van der Waals surface area contributed by atoms with Crippen molar-refractivity contribution in [1.82, 2.24) is 0 Å². The normalized spacial score (nSPS) is 12.2. The van der Waals surface area contributed by atoms with Gasteiger partial charge < -0.3 is 10.0 Å². The molecule has 0 spiro atoms. The summed E-state index contributed by atoms with van der Waals surface area (Å²) in [7, 11) is 0. The molecule has 2 nitrogen and oxygen atoms in total. The lowest BCUT2D eigenvalue weighted by molar-refractivity contribution is 0.174. The van der Waals surface area contributed by atoms with Crippen molar-refractivity contribution in [3.63, 3.8) is 0 Å². The lowest BCUT2D eigenvalue weighted by Crippen LogP contribution is -2.18. The van der Waals surface area contributed by atoms with Gasteiger partial charge in [-0.3, -0.25) is 0 Å². The van der Waals surface area contributed by atoms with Crippen LogP contribution in [0.2, 0.25) is 0 Å². The third-order valence-electron chi connectivity index (χ3n) is 3.60. The Balaban J connectivity index is 2.47. The zero-order valence-electron chi connectivity index (χ0n) is 12.5. The number of benzene rings is 2. The number of anilines is 2. The first kappa shape index (κ1) is 14.6. The van der Waals surface area contributed by atoms with Crippen molar-refractivity contribution < 1.29 is 5.11 Å². The van der Waals surface area contributed by atoms with Crippen molar-refractivity contribution in [2.24, 2.45) is 0 Å². The summed E-state index contributed by atoms with van der Waals surface area (Å²) in [5.41, 5.74) is 4.51. The van der Waals surface area contributed by atoms with Gasteiger partial charge >= 0.3 is 0 Å². The summed E-state index contributed by atoms with van der Waals surface area (Å²) >= 11 is 0. The molecule has 0 bridgehead atoms. The number of aryl methyl sites for hydroxylation is 1. The first-order valence-corrected chi connectivity index (χ1v) is 7.28. The highest BCUT2D eigenvalue weighted by Crippen LogP contribution is 2.33. The number of para-hydroxylation sites is 1. The van der Waals surface area contributed by atoms with Gasteiger partial charge in [-0.05, 0) is 44.0 Å². The molecule has 0 fully saturated rings. The van der Waals surface area contributed by atoms with Crippen LogP contribution in [0.1, 0.15) is 37.5 Å². The molecular weight excluding hydrogens is 246 g/mol. The highest BCUT2D eigenvalue weighted by molar-refractivity contribution is 5.67. The second kappa shape index (κ2) is 6.58. The molecule has 0 amide bonds. The van der Waals surface area contributed by atoms with Crippen LogP contribution in [0.3, 0.4) is 0 Å². The van der Waals surface area contributed by atoms with Gasteiger partial charge in [-0.15, -0.1) is 0 Å². The molecule has 0 saturated heterocycles. The molecule has 20 heavy (non-hydrogen) atoms. The fraction of sp³-hybridized carbons (Fsp3) is 0.333. The van der Waals surface area contributed by atoms with E-state index in [4.69, 9.17) is 0 Å². The number of hydrogen-bond donors (Lipinski definition) is 1. The van der Waals surface area contributed by atoms with Gasteiger partial charge in [-0.25, -0.2) is 0 Å². The van der Waals surface area contributed by atoms with Gasteiger partial charge in [0.25, 0.3) is 0 Å². The Hall–Kier alpha value is -1.80. The van der Waals surface area contributed by atoms with Crippen LogP contribution in [-0.4, -0.2) is 11.7 Å². The molecule has 1 unspecified atom stereocenters. The molecule has 106 valence electrons. The summed E-state index contributed by atoms with van der Waals surface area (Å²) in [5, 5.41) is 10.2. The molecule has 2 rings (SSSR count). The van der Waals surface area contributed by atoms with Crippen LogP contribution in [0.5, 0.6) is 0 Å². The van der Waals surface area contributed by atoms with Crippen LogP contribution in [0.25, 0.3) is 0 Å². The predicted molar refractivity (Wildman–Crippen MR) is 85.6 cm³/mol. The van der Waals surface area contributed by atoms with Crippen molar-refractivity contribution in [3.8, 4) is 0 Å². The fourth-order valence-electron chi connectivity index (χ4n) is 2.52. The average Bonchev–Trinajstić information content (AvgIpc) is 2.48. The van der Waals surface area contributed by atoms with Crippen LogP contribution < -0.4 is 4.90 Å². The van der Waals surface area contributed by atoms with Crippen LogP contribution in [0, 0.1) is 6.92 Å². The quantitative estimate of drug-likeness (QED) is 0.857. The highest BCUT2D eigenvalue weighted by Gasteiger charge is 2.15. The Morgan fingerprint density at radius 1 is 1.05 bits per heavy atom. The van der Waals surface area contributed by atoms with Gasteiger partial charge in [0, 0.05) is 23.5 Å². The van der Waals surface area contributed by atoms with Crippen molar-refractivity contribution in [3.05, 3.63) is 59.7 Å². The predicted octanol–water partition coefficient (Wildman–Crippen LogP) is 4.60. The molecule has 0 aromatic heterocycles. The minimum absolute atomic E-state index is 0.412. The smallest absolute Gasteiger partial charge is 0.0807 e. The topological polar surface area (TPSA) is 23.5 Å². The zero-order chi connectivity index (χ0) is 14.5. The monoisotopic (exact) mass is 269 g/mol. The van der Waals surface area contributed by atoms with Crippen LogP contribution >= 0.6 is 0 Å². The molecule has 0 heterocycles. The Morgan fingerprint density at radius 2 is 1.80 bits per heavy atom. The van der Waals surface area contributed by atoms with Crippen LogP contribution in [-0.2, 0) is 0 Å². The maximum atomic E-state index is 10.2. The highest BCUT2D eigenvalue weighted by atomic mass is 16.3. The number of nitrogens with zero attached hydrogens (tertiary/aromatic N) is 1. The molecule has 0 saturated carbocycles. The van der Waals surface area contributed by atoms with E-state index in [0.29, 0.717) is 0 Å². The molecule has 1 atom stereocenters. The summed E-state index contributed by atoms with van der Waals surface area (Å²) in [6.45, 7) is 7.11. The molecule has 1 N–H and O–H groups in total. The maximum Gasteiger partial charge on any atom is 0.0807 e. The van der Waals surface area contributed by atoms with Crippen molar-refractivity contribution in [2.45, 2.75) is 33.3 Å². The molecule has 0 radical (unpaired) electrons. The summed E-state index contributed by atoms with van der Waals surface area (Å²) in [6, 6.07) is 16.6. The first-order chi connectivity index (χ1) is 9.67. The average molecular weight is 269 g/mol.